The van der Waals surface area contributed by atoms with Crippen LogP contribution in [0.3, 0.4) is 0 Å². The van der Waals surface area contributed by atoms with Crippen LogP contribution in [0.1, 0.15) is 28.0 Å². The van der Waals surface area contributed by atoms with Crippen LogP contribution in [0.4, 0.5) is 22.0 Å². The third kappa shape index (κ3) is 2.49. The maximum Gasteiger partial charge on any atom is 0.418 e. The van der Waals surface area contributed by atoms with Gasteiger partial charge >= 0.3 is 12.1 Å². The zero-order chi connectivity index (χ0) is 14.1. The molecule has 0 saturated heterocycles. The predicted octanol–water partition coefficient (Wildman–Crippen LogP) is 2.74. The largest absolute Gasteiger partial charge is 0.494 e. The summed E-state index contributed by atoms with van der Waals surface area (Å²) in [5.41, 5.74) is -4.25. The molecule has 0 saturated carbocycles. The number of hydrogen-bond donors (Lipinski definition) is 1. The van der Waals surface area contributed by atoms with Crippen molar-refractivity contribution in [2.75, 3.05) is 7.11 Å². The second-order valence-electron chi connectivity index (χ2n) is 3.07. The van der Waals surface area contributed by atoms with E-state index in [2.05, 4.69) is 9.72 Å². The quantitative estimate of drug-likeness (QED) is 0.859. The Morgan fingerprint density at radius 2 is 2.00 bits per heavy atom. The minimum atomic E-state index is -5.08. The fourth-order valence-corrected chi connectivity index (χ4v) is 1.31. The van der Waals surface area contributed by atoms with Crippen molar-refractivity contribution in [1.29, 1.82) is 0 Å². The number of aromatic carboxylic acids is 1. The number of carboxylic acids is 1. The van der Waals surface area contributed by atoms with Gasteiger partial charge in [-0.05, 0) is 0 Å². The Kier molecular flexibility index (Phi) is 3.73. The van der Waals surface area contributed by atoms with E-state index in [0.29, 0.717) is 0 Å². The molecule has 0 amide bonds. The molecule has 0 spiro atoms. The highest BCUT2D eigenvalue weighted by molar-refractivity contribution is 5.89. The van der Waals surface area contributed by atoms with E-state index in [4.69, 9.17) is 5.11 Å². The molecule has 0 aromatic carbocycles. The summed E-state index contributed by atoms with van der Waals surface area (Å²) in [6.45, 7) is 0. The molecule has 1 aromatic heterocycles. The van der Waals surface area contributed by atoms with Crippen molar-refractivity contribution in [2.45, 2.75) is 12.6 Å². The van der Waals surface area contributed by atoms with Crippen LogP contribution < -0.4 is 4.74 Å². The van der Waals surface area contributed by atoms with E-state index < -0.39 is 41.1 Å². The highest BCUT2D eigenvalue weighted by Crippen LogP contribution is 2.41. The van der Waals surface area contributed by atoms with Crippen LogP contribution in [0.25, 0.3) is 0 Å². The van der Waals surface area contributed by atoms with Gasteiger partial charge in [0.2, 0.25) is 0 Å². The lowest BCUT2D eigenvalue weighted by Crippen LogP contribution is -2.15. The molecule has 1 rings (SSSR count). The summed E-state index contributed by atoms with van der Waals surface area (Å²) in [7, 11) is 0.787. The van der Waals surface area contributed by atoms with Crippen LogP contribution in [0.15, 0.2) is 6.20 Å². The summed E-state index contributed by atoms with van der Waals surface area (Å²) in [6, 6.07) is 0. The third-order valence-electron chi connectivity index (χ3n) is 2.00. The van der Waals surface area contributed by atoms with Gasteiger partial charge in [-0.25, -0.2) is 18.6 Å². The molecule has 18 heavy (non-hydrogen) atoms. The standard InChI is InChI=1S/C9H6F5NO3/c1-18-6-4(7(10)11)3(9(12,13)14)2-15-5(6)8(16)17/h2,7H,1H3,(H,16,17). The minimum Gasteiger partial charge on any atom is -0.494 e. The van der Waals surface area contributed by atoms with Crippen molar-refractivity contribution in [1.82, 2.24) is 4.98 Å². The Bertz CT molecular complexity index is 472. The van der Waals surface area contributed by atoms with Crippen LogP contribution in [0.5, 0.6) is 5.75 Å². The highest BCUT2D eigenvalue weighted by Gasteiger charge is 2.39. The fourth-order valence-electron chi connectivity index (χ4n) is 1.31. The monoisotopic (exact) mass is 271 g/mol. The molecule has 1 N–H and O–H groups in total. The summed E-state index contributed by atoms with van der Waals surface area (Å²) in [4.78, 5) is 13.6. The van der Waals surface area contributed by atoms with Gasteiger partial charge in [-0.1, -0.05) is 0 Å². The molecule has 0 radical (unpaired) electrons. The van der Waals surface area contributed by atoms with Gasteiger partial charge in [-0.2, -0.15) is 13.2 Å². The number of hydrogen-bond acceptors (Lipinski definition) is 3. The van der Waals surface area contributed by atoms with Crippen LogP contribution >= 0.6 is 0 Å². The zero-order valence-electron chi connectivity index (χ0n) is 8.76. The van der Waals surface area contributed by atoms with E-state index in [9.17, 15) is 26.7 Å². The van der Waals surface area contributed by atoms with Crippen LogP contribution in [-0.4, -0.2) is 23.2 Å². The van der Waals surface area contributed by atoms with Gasteiger partial charge in [0.15, 0.2) is 11.4 Å². The predicted molar refractivity (Wildman–Crippen MR) is 47.7 cm³/mol. The van der Waals surface area contributed by atoms with Gasteiger partial charge in [-0.3, -0.25) is 0 Å². The molecule has 1 heterocycles. The maximum absolute atomic E-state index is 12.6. The van der Waals surface area contributed by atoms with E-state index >= 15 is 0 Å². The molecule has 0 aliphatic rings. The SMILES string of the molecule is COc1c(C(=O)O)ncc(C(F)(F)F)c1C(F)F. The van der Waals surface area contributed by atoms with Crippen LogP contribution in [-0.2, 0) is 6.18 Å². The third-order valence-corrected chi connectivity index (χ3v) is 2.00. The number of alkyl halides is 5. The molecule has 100 valence electrons. The fraction of sp³-hybridized carbons (Fsp3) is 0.333. The number of pyridine rings is 1. The Morgan fingerprint density at radius 1 is 1.44 bits per heavy atom. The van der Waals surface area contributed by atoms with E-state index in [1.165, 1.54) is 0 Å². The summed E-state index contributed by atoms with van der Waals surface area (Å²) in [5.74, 6) is -2.85. The maximum atomic E-state index is 12.6. The first kappa shape index (κ1) is 14.1. The van der Waals surface area contributed by atoms with Gasteiger partial charge in [0.25, 0.3) is 6.43 Å². The minimum absolute atomic E-state index is 0.0491. The highest BCUT2D eigenvalue weighted by atomic mass is 19.4. The molecule has 0 bridgehead atoms. The Labute approximate surface area is 97.0 Å². The van der Waals surface area contributed by atoms with Crippen LogP contribution in [0, 0.1) is 0 Å². The molecule has 0 fully saturated rings. The summed E-state index contributed by atoms with van der Waals surface area (Å²) >= 11 is 0. The molecule has 1 aromatic rings. The number of aromatic nitrogens is 1. The number of methoxy groups -OCH3 is 1. The van der Waals surface area contributed by atoms with Crippen molar-refractivity contribution >= 4 is 5.97 Å². The summed E-state index contributed by atoms with van der Waals surface area (Å²) < 4.78 is 67.1. The molecule has 0 aliphatic carbocycles. The van der Waals surface area contributed by atoms with Crippen molar-refractivity contribution in [2.24, 2.45) is 0 Å². The summed E-state index contributed by atoms with van der Waals surface area (Å²) in [6.07, 6.45) is -8.58. The lowest BCUT2D eigenvalue weighted by atomic mass is 10.1. The molecule has 9 heteroatoms. The van der Waals surface area contributed by atoms with Crippen molar-refractivity contribution < 1.29 is 36.6 Å². The van der Waals surface area contributed by atoms with Crippen molar-refractivity contribution in [3.63, 3.8) is 0 Å². The Balaban J connectivity index is 3.64. The second kappa shape index (κ2) is 4.75. The number of halogens is 5. The molecular formula is C9H6F5NO3. The van der Waals surface area contributed by atoms with Gasteiger partial charge in [-0.15, -0.1) is 0 Å². The first-order valence-electron chi connectivity index (χ1n) is 4.35. The van der Waals surface area contributed by atoms with Gasteiger partial charge in [0, 0.05) is 6.20 Å². The smallest absolute Gasteiger partial charge is 0.418 e. The number of ether oxygens (including phenoxy) is 1. The summed E-state index contributed by atoms with van der Waals surface area (Å²) in [5, 5.41) is 8.63. The van der Waals surface area contributed by atoms with Gasteiger partial charge in [0.05, 0.1) is 18.2 Å². The molecular weight excluding hydrogens is 265 g/mol. The molecule has 0 atom stereocenters. The number of carboxylic acid groups (broad SMARTS) is 1. The number of carbonyl (C=O) groups is 1. The van der Waals surface area contributed by atoms with Crippen molar-refractivity contribution in [3.8, 4) is 5.75 Å². The van der Waals surface area contributed by atoms with Crippen molar-refractivity contribution in [3.05, 3.63) is 23.0 Å². The van der Waals surface area contributed by atoms with Gasteiger partial charge in [0.1, 0.15) is 0 Å². The Morgan fingerprint density at radius 3 is 2.33 bits per heavy atom. The van der Waals surface area contributed by atoms with Crippen LogP contribution in [0.2, 0.25) is 0 Å². The topological polar surface area (TPSA) is 59.4 Å². The first-order valence-corrected chi connectivity index (χ1v) is 4.35. The molecule has 4 nitrogen and oxygen atoms in total. The van der Waals surface area contributed by atoms with Gasteiger partial charge < -0.3 is 9.84 Å². The number of nitrogens with zero attached hydrogens (tertiary/aromatic N) is 1. The molecule has 0 aliphatic heterocycles. The normalized spacial score (nSPS) is 11.7. The van der Waals surface area contributed by atoms with E-state index in [0.717, 1.165) is 7.11 Å². The van der Waals surface area contributed by atoms with E-state index in [1.807, 2.05) is 0 Å². The number of rotatable bonds is 3. The Hall–Kier alpha value is -1.93. The average molecular weight is 271 g/mol. The first-order chi connectivity index (χ1) is 8.20. The van der Waals surface area contributed by atoms with E-state index in [1.54, 1.807) is 0 Å². The zero-order valence-corrected chi connectivity index (χ0v) is 8.76. The lowest BCUT2D eigenvalue weighted by molar-refractivity contribution is -0.140. The lowest BCUT2D eigenvalue weighted by Gasteiger charge is -2.16. The average Bonchev–Trinajstić information content (AvgIpc) is 2.25. The second-order valence-corrected chi connectivity index (χ2v) is 3.07. The molecule has 0 unspecified atom stereocenters. The van der Waals surface area contributed by atoms with E-state index in [-0.39, 0.29) is 6.20 Å².